The lowest BCUT2D eigenvalue weighted by Gasteiger charge is -2.21. The van der Waals surface area contributed by atoms with E-state index in [0.29, 0.717) is 5.00 Å². The fraction of sp³-hybridized carbons (Fsp3) is 0.455. The van der Waals surface area contributed by atoms with Crippen molar-refractivity contribution in [3.8, 4) is 0 Å². The number of carboxylic acid groups (broad SMARTS) is 1. The smallest absolute Gasteiger partial charge is 0.338 e. The average molecular weight is 254 g/mol. The second-order valence-corrected chi connectivity index (χ2v) is 5.00. The van der Waals surface area contributed by atoms with Crippen molar-refractivity contribution in [3.05, 3.63) is 17.0 Å². The van der Waals surface area contributed by atoms with Crippen LogP contribution in [0.3, 0.4) is 0 Å². The Kier molecular flexibility index (Phi) is 3.33. The van der Waals surface area contributed by atoms with Gasteiger partial charge in [0.05, 0.1) is 5.56 Å². The summed E-state index contributed by atoms with van der Waals surface area (Å²) in [4.78, 5) is 24.6. The molecule has 1 aromatic rings. The third-order valence-corrected chi connectivity index (χ3v) is 3.76. The van der Waals surface area contributed by atoms with Crippen molar-refractivity contribution in [2.45, 2.75) is 25.8 Å². The van der Waals surface area contributed by atoms with Gasteiger partial charge in [0.25, 0.3) is 0 Å². The highest BCUT2D eigenvalue weighted by molar-refractivity contribution is 7.14. The molecule has 1 saturated heterocycles. The molecule has 1 aliphatic rings. The minimum absolute atomic E-state index is 0.148. The summed E-state index contributed by atoms with van der Waals surface area (Å²) < 4.78 is 0. The zero-order valence-electron chi connectivity index (χ0n) is 9.47. The first-order valence-electron chi connectivity index (χ1n) is 5.48. The van der Waals surface area contributed by atoms with Gasteiger partial charge in [-0.1, -0.05) is 0 Å². The molecule has 5 nitrogen and oxygen atoms in total. The molecule has 2 rings (SSSR count). The molecule has 2 amide bonds. The van der Waals surface area contributed by atoms with Gasteiger partial charge in [-0.2, -0.15) is 0 Å². The van der Waals surface area contributed by atoms with E-state index in [4.69, 9.17) is 5.11 Å². The molecule has 2 N–H and O–H groups in total. The monoisotopic (exact) mass is 254 g/mol. The third kappa shape index (κ3) is 2.41. The Morgan fingerprint density at radius 1 is 1.59 bits per heavy atom. The summed E-state index contributed by atoms with van der Waals surface area (Å²) in [6.07, 6.45) is 2.01. The van der Waals surface area contributed by atoms with Crippen LogP contribution in [0.25, 0.3) is 0 Å². The molecule has 0 aliphatic carbocycles. The van der Waals surface area contributed by atoms with Gasteiger partial charge in [-0.25, -0.2) is 9.59 Å². The molecule has 0 radical (unpaired) electrons. The summed E-state index contributed by atoms with van der Waals surface area (Å²) in [5.41, 5.74) is 0.148. The lowest BCUT2D eigenvalue weighted by Crippen LogP contribution is -2.37. The fourth-order valence-corrected chi connectivity index (χ4v) is 2.75. The summed E-state index contributed by atoms with van der Waals surface area (Å²) in [5, 5.41) is 13.7. The van der Waals surface area contributed by atoms with Crippen LogP contribution in [-0.4, -0.2) is 34.6 Å². The van der Waals surface area contributed by atoms with E-state index in [2.05, 4.69) is 5.32 Å². The lowest BCUT2D eigenvalue weighted by atomic mass is 10.2. The van der Waals surface area contributed by atoms with E-state index in [1.54, 1.807) is 10.3 Å². The number of anilines is 1. The molecule has 1 fully saturated rings. The molecule has 6 heteroatoms. The maximum atomic E-state index is 11.9. The maximum absolute atomic E-state index is 11.9. The number of hydrogen-bond donors (Lipinski definition) is 2. The molecular formula is C11H14N2O3S. The molecule has 0 spiro atoms. The number of hydrogen-bond acceptors (Lipinski definition) is 3. The van der Waals surface area contributed by atoms with Crippen molar-refractivity contribution < 1.29 is 14.7 Å². The van der Waals surface area contributed by atoms with E-state index in [-0.39, 0.29) is 17.6 Å². The van der Waals surface area contributed by atoms with Crippen LogP contribution in [0.4, 0.5) is 9.80 Å². The van der Waals surface area contributed by atoms with Gasteiger partial charge in [-0.05, 0) is 31.2 Å². The minimum Gasteiger partial charge on any atom is -0.478 e. The van der Waals surface area contributed by atoms with Gasteiger partial charge < -0.3 is 10.0 Å². The van der Waals surface area contributed by atoms with Gasteiger partial charge in [-0.3, -0.25) is 5.32 Å². The Hall–Kier alpha value is -1.56. The van der Waals surface area contributed by atoms with Crippen molar-refractivity contribution in [3.63, 3.8) is 0 Å². The molecule has 92 valence electrons. The van der Waals surface area contributed by atoms with Crippen LogP contribution in [0, 0.1) is 0 Å². The molecule has 0 saturated carbocycles. The third-order valence-electron chi connectivity index (χ3n) is 2.93. The SMILES string of the molecule is CC1CCCN1C(=O)Nc1sccc1C(=O)O. The number of aromatic carboxylic acids is 1. The van der Waals surface area contributed by atoms with Crippen LogP contribution in [0.15, 0.2) is 11.4 Å². The highest BCUT2D eigenvalue weighted by atomic mass is 32.1. The van der Waals surface area contributed by atoms with E-state index < -0.39 is 5.97 Å². The number of carboxylic acids is 1. The zero-order valence-corrected chi connectivity index (χ0v) is 10.3. The Labute approximate surface area is 103 Å². The predicted molar refractivity (Wildman–Crippen MR) is 65.7 cm³/mol. The number of rotatable bonds is 2. The average Bonchev–Trinajstić information content (AvgIpc) is 2.86. The Balaban J connectivity index is 2.07. The summed E-state index contributed by atoms with van der Waals surface area (Å²) in [6.45, 7) is 2.74. The lowest BCUT2D eigenvalue weighted by molar-refractivity contribution is 0.0698. The first-order chi connectivity index (χ1) is 8.09. The fourth-order valence-electron chi connectivity index (χ4n) is 1.98. The summed E-state index contributed by atoms with van der Waals surface area (Å²) in [7, 11) is 0. The van der Waals surface area contributed by atoms with Crippen molar-refractivity contribution in [2.24, 2.45) is 0 Å². The van der Waals surface area contributed by atoms with Gasteiger partial charge >= 0.3 is 12.0 Å². The Bertz CT molecular complexity index is 444. The number of nitrogens with zero attached hydrogens (tertiary/aromatic N) is 1. The molecular weight excluding hydrogens is 240 g/mol. The first kappa shape index (κ1) is 11.9. The summed E-state index contributed by atoms with van der Waals surface area (Å²) >= 11 is 1.23. The minimum atomic E-state index is -1.02. The van der Waals surface area contributed by atoms with E-state index >= 15 is 0 Å². The summed E-state index contributed by atoms with van der Waals surface area (Å²) in [5.74, 6) is -1.02. The van der Waals surface area contributed by atoms with Crippen LogP contribution in [0.1, 0.15) is 30.1 Å². The molecule has 0 bridgehead atoms. The van der Waals surface area contributed by atoms with Crippen LogP contribution in [0.5, 0.6) is 0 Å². The topological polar surface area (TPSA) is 69.6 Å². The van der Waals surface area contributed by atoms with Gasteiger partial charge in [0.15, 0.2) is 0 Å². The second-order valence-electron chi connectivity index (χ2n) is 4.08. The number of likely N-dealkylation sites (tertiary alicyclic amines) is 1. The van der Waals surface area contributed by atoms with Gasteiger partial charge in [0.1, 0.15) is 5.00 Å². The highest BCUT2D eigenvalue weighted by Gasteiger charge is 2.26. The number of nitrogens with one attached hydrogen (secondary N) is 1. The largest absolute Gasteiger partial charge is 0.478 e. The van der Waals surface area contributed by atoms with Crippen LogP contribution in [0.2, 0.25) is 0 Å². The quantitative estimate of drug-likeness (QED) is 0.851. The van der Waals surface area contributed by atoms with Gasteiger partial charge in [0, 0.05) is 12.6 Å². The molecule has 1 unspecified atom stereocenters. The van der Waals surface area contributed by atoms with Crippen LogP contribution in [-0.2, 0) is 0 Å². The number of carbonyl (C=O) groups is 2. The number of amides is 2. The van der Waals surface area contributed by atoms with Gasteiger partial charge in [0.2, 0.25) is 0 Å². The second kappa shape index (κ2) is 4.75. The van der Waals surface area contributed by atoms with Crippen molar-refractivity contribution in [2.75, 3.05) is 11.9 Å². The van der Waals surface area contributed by atoms with E-state index in [1.807, 2.05) is 6.92 Å². The molecule has 1 aromatic heterocycles. The van der Waals surface area contributed by atoms with Crippen LogP contribution < -0.4 is 5.32 Å². The summed E-state index contributed by atoms with van der Waals surface area (Å²) in [6, 6.07) is 1.51. The van der Waals surface area contributed by atoms with Crippen molar-refractivity contribution in [1.82, 2.24) is 4.90 Å². The molecule has 1 aliphatic heterocycles. The van der Waals surface area contributed by atoms with Gasteiger partial charge in [-0.15, -0.1) is 11.3 Å². The normalized spacial score (nSPS) is 19.4. The van der Waals surface area contributed by atoms with E-state index in [0.717, 1.165) is 19.4 Å². The number of urea groups is 1. The molecule has 17 heavy (non-hydrogen) atoms. The van der Waals surface area contributed by atoms with Crippen LogP contribution >= 0.6 is 11.3 Å². The predicted octanol–water partition coefficient (Wildman–Crippen LogP) is 2.46. The maximum Gasteiger partial charge on any atom is 0.338 e. The Morgan fingerprint density at radius 2 is 2.35 bits per heavy atom. The Morgan fingerprint density at radius 3 is 2.94 bits per heavy atom. The van der Waals surface area contributed by atoms with Crippen molar-refractivity contribution in [1.29, 1.82) is 0 Å². The number of carbonyl (C=O) groups excluding carboxylic acids is 1. The van der Waals surface area contributed by atoms with E-state index in [9.17, 15) is 9.59 Å². The molecule has 0 aromatic carbocycles. The standard InChI is InChI=1S/C11H14N2O3S/c1-7-3-2-5-13(7)11(16)12-9-8(10(14)15)4-6-17-9/h4,6-7H,2-3,5H2,1H3,(H,12,16)(H,14,15). The molecule has 2 heterocycles. The van der Waals surface area contributed by atoms with E-state index in [1.165, 1.54) is 17.4 Å². The molecule has 1 atom stereocenters. The van der Waals surface area contributed by atoms with Crippen molar-refractivity contribution >= 4 is 28.3 Å². The highest BCUT2D eigenvalue weighted by Crippen LogP contribution is 2.25. The first-order valence-corrected chi connectivity index (χ1v) is 6.36. The number of thiophene rings is 1. The zero-order chi connectivity index (χ0) is 12.4.